The first-order valence-electron chi connectivity index (χ1n) is 9.29. The van der Waals surface area contributed by atoms with Gasteiger partial charge in [-0.2, -0.15) is 0 Å². The molecule has 0 bridgehead atoms. The van der Waals surface area contributed by atoms with Gasteiger partial charge in [0.05, 0.1) is 0 Å². The number of carbonyl (C=O) groups excluding carboxylic acids is 1. The molecule has 1 aliphatic rings. The summed E-state index contributed by atoms with van der Waals surface area (Å²) in [5, 5.41) is 2.86. The molecule has 1 N–H and O–H groups in total. The van der Waals surface area contributed by atoms with Crippen LogP contribution in [0.15, 0.2) is 36.7 Å². The smallest absolute Gasteiger partial charge is 0.263 e. The standard InChI is InChI=1S/C20H26N4O2/c1-3-10-22-19(25)16-4-6-17(7-5-16)26-20-18(21-11-12-23-20)24-13-8-15(2)9-14-24/h4-7,11-12,15H,3,8-10,13-14H2,1-2H3,(H,22,25). The Morgan fingerprint density at radius 3 is 2.58 bits per heavy atom. The lowest BCUT2D eigenvalue weighted by molar-refractivity contribution is 0.0953. The molecule has 1 amide bonds. The van der Waals surface area contributed by atoms with E-state index in [0.717, 1.165) is 44.1 Å². The molecule has 1 aromatic carbocycles. The minimum absolute atomic E-state index is 0.0685. The number of benzene rings is 1. The van der Waals surface area contributed by atoms with Crippen molar-refractivity contribution in [3.8, 4) is 11.6 Å². The van der Waals surface area contributed by atoms with Crippen molar-refractivity contribution >= 4 is 11.7 Å². The fourth-order valence-corrected chi connectivity index (χ4v) is 2.95. The Kier molecular flexibility index (Phi) is 6.04. The van der Waals surface area contributed by atoms with Gasteiger partial charge < -0.3 is 15.0 Å². The predicted octanol–water partition coefficient (Wildman–Crippen LogP) is 3.65. The van der Waals surface area contributed by atoms with Crippen LogP contribution in [0.4, 0.5) is 5.82 Å². The van der Waals surface area contributed by atoms with Crippen molar-refractivity contribution in [2.24, 2.45) is 5.92 Å². The van der Waals surface area contributed by atoms with E-state index >= 15 is 0 Å². The highest BCUT2D eigenvalue weighted by atomic mass is 16.5. The number of hydrogen-bond donors (Lipinski definition) is 1. The maximum absolute atomic E-state index is 12.0. The van der Waals surface area contributed by atoms with Gasteiger partial charge in [0.15, 0.2) is 5.82 Å². The summed E-state index contributed by atoms with van der Waals surface area (Å²) in [6, 6.07) is 7.10. The first kappa shape index (κ1) is 18.2. The summed E-state index contributed by atoms with van der Waals surface area (Å²) in [7, 11) is 0. The van der Waals surface area contributed by atoms with Gasteiger partial charge in [0.25, 0.3) is 11.8 Å². The molecule has 0 unspecified atom stereocenters. The molecule has 0 spiro atoms. The van der Waals surface area contributed by atoms with Gasteiger partial charge in [-0.25, -0.2) is 9.97 Å². The van der Waals surface area contributed by atoms with E-state index in [4.69, 9.17) is 4.74 Å². The quantitative estimate of drug-likeness (QED) is 0.858. The molecule has 1 saturated heterocycles. The van der Waals surface area contributed by atoms with E-state index in [1.165, 1.54) is 0 Å². The van der Waals surface area contributed by atoms with Gasteiger partial charge in [0.1, 0.15) is 5.75 Å². The normalized spacial score (nSPS) is 14.9. The van der Waals surface area contributed by atoms with Gasteiger partial charge in [-0.3, -0.25) is 4.79 Å². The highest BCUT2D eigenvalue weighted by molar-refractivity contribution is 5.94. The number of hydrogen-bond acceptors (Lipinski definition) is 5. The number of anilines is 1. The van der Waals surface area contributed by atoms with Gasteiger partial charge in [-0.15, -0.1) is 0 Å². The minimum atomic E-state index is -0.0685. The molecule has 1 fully saturated rings. The molecular weight excluding hydrogens is 328 g/mol. The molecule has 26 heavy (non-hydrogen) atoms. The van der Waals surface area contributed by atoms with E-state index in [2.05, 4.69) is 27.1 Å². The molecule has 138 valence electrons. The highest BCUT2D eigenvalue weighted by Gasteiger charge is 2.21. The minimum Gasteiger partial charge on any atom is -0.436 e. The second-order valence-electron chi connectivity index (χ2n) is 6.74. The van der Waals surface area contributed by atoms with Gasteiger partial charge in [-0.05, 0) is 49.4 Å². The molecule has 6 heteroatoms. The number of ether oxygens (including phenoxy) is 1. The SMILES string of the molecule is CCCNC(=O)c1ccc(Oc2nccnc2N2CCC(C)CC2)cc1. The Labute approximate surface area is 154 Å². The first-order chi connectivity index (χ1) is 12.7. The van der Waals surface area contributed by atoms with Crippen molar-refractivity contribution in [1.29, 1.82) is 0 Å². The summed E-state index contributed by atoms with van der Waals surface area (Å²) in [5.74, 6) is 2.61. The van der Waals surface area contributed by atoms with E-state index in [1.807, 2.05) is 6.92 Å². The monoisotopic (exact) mass is 354 g/mol. The Morgan fingerprint density at radius 1 is 1.19 bits per heavy atom. The number of aromatic nitrogens is 2. The molecule has 6 nitrogen and oxygen atoms in total. The number of rotatable bonds is 6. The average Bonchev–Trinajstić information content (AvgIpc) is 2.68. The lowest BCUT2D eigenvalue weighted by Crippen LogP contribution is -2.33. The lowest BCUT2D eigenvalue weighted by Gasteiger charge is -2.31. The van der Waals surface area contributed by atoms with Crippen molar-refractivity contribution in [2.45, 2.75) is 33.1 Å². The first-order valence-corrected chi connectivity index (χ1v) is 9.29. The molecule has 0 aliphatic carbocycles. The van der Waals surface area contributed by atoms with Crippen LogP contribution in [0.25, 0.3) is 0 Å². The Balaban J connectivity index is 1.70. The fourth-order valence-electron chi connectivity index (χ4n) is 2.95. The van der Waals surface area contributed by atoms with Crippen LogP contribution in [0.2, 0.25) is 0 Å². The maximum Gasteiger partial charge on any atom is 0.263 e. The van der Waals surface area contributed by atoms with Crippen LogP contribution < -0.4 is 15.0 Å². The van der Waals surface area contributed by atoms with Crippen LogP contribution in [-0.4, -0.2) is 35.5 Å². The summed E-state index contributed by atoms with van der Waals surface area (Å²) in [5.41, 5.74) is 0.621. The zero-order chi connectivity index (χ0) is 18.4. The molecule has 2 aromatic rings. The molecular formula is C20H26N4O2. The van der Waals surface area contributed by atoms with Gasteiger partial charge in [0.2, 0.25) is 0 Å². The number of nitrogens with zero attached hydrogens (tertiary/aromatic N) is 3. The lowest BCUT2D eigenvalue weighted by atomic mass is 9.99. The Hall–Kier alpha value is -2.63. The van der Waals surface area contributed by atoms with Crippen molar-refractivity contribution in [3.05, 3.63) is 42.2 Å². The van der Waals surface area contributed by atoms with Crippen molar-refractivity contribution in [3.63, 3.8) is 0 Å². The third-order valence-corrected chi connectivity index (χ3v) is 4.60. The van der Waals surface area contributed by atoms with E-state index in [1.54, 1.807) is 36.7 Å². The van der Waals surface area contributed by atoms with Crippen molar-refractivity contribution in [2.75, 3.05) is 24.5 Å². The number of piperidine rings is 1. The van der Waals surface area contributed by atoms with E-state index < -0.39 is 0 Å². The second kappa shape index (κ2) is 8.65. The third-order valence-electron chi connectivity index (χ3n) is 4.60. The van der Waals surface area contributed by atoms with Crippen LogP contribution >= 0.6 is 0 Å². The van der Waals surface area contributed by atoms with E-state index in [-0.39, 0.29) is 5.91 Å². The molecule has 3 rings (SSSR count). The van der Waals surface area contributed by atoms with Crippen LogP contribution in [0.3, 0.4) is 0 Å². The van der Waals surface area contributed by atoms with Crippen LogP contribution in [-0.2, 0) is 0 Å². The number of nitrogens with one attached hydrogen (secondary N) is 1. The molecule has 0 atom stereocenters. The molecule has 0 radical (unpaired) electrons. The van der Waals surface area contributed by atoms with Crippen LogP contribution in [0.1, 0.15) is 43.5 Å². The molecule has 0 saturated carbocycles. The third kappa shape index (κ3) is 4.50. The zero-order valence-corrected chi connectivity index (χ0v) is 15.4. The van der Waals surface area contributed by atoms with Crippen LogP contribution in [0, 0.1) is 5.92 Å². The molecule has 1 aliphatic heterocycles. The Bertz CT molecular complexity index is 725. The van der Waals surface area contributed by atoms with E-state index in [0.29, 0.717) is 23.7 Å². The number of amides is 1. The summed E-state index contributed by atoms with van der Waals surface area (Å²) in [6.45, 7) is 6.91. The van der Waals surface area contributed by atoms with Crippen molar-refractivity contribution < 1.29 is 9.53 Å². The molecule has 1 aromatic heterocycles. The topological polar surface area (TPSA) is 67.3 Å². The largest absolute Gasteiger partial charge is 0.436 e. The van der Waals surface area contributed by atoms with Crippen molar-refractivity contribution in [1.82, 2.24) is 15.3 Å². The maximum atomic E-state index is 12.0. The average molecular weight is 354 g/mol. The molecule has 2 heterocycles. The van der Waals surface area contributed by atoms with Gasteiger partial charge in [0, 0.05) is 37.6 Å². The highest BCUT2D eigenvalue weighted by Crippen LogP contribution is 2.30. The fraction of sp³-hybridized carbons (Fsp3) is 0.450. The Morgan fingerprint density at radius 2 is 1.88 bits per heavy atom. The summed E-state index contributed by atoms with van der Waals surface area (Å²) >= 11 is 0. The second-order valence-corrected chi connectivity index (χ2v) is 6.74. The van der Waals surface area contributed by atoms with E-state index in [9.17, 15) is 4.79 Å². The van der Waals surface area contributed by atoms with Gasteiger partial charge >= 0.3 is 0 Å². The van der Waals surface area contributed by atoms with Gasteiger partial charge in [-0.1, -0.05) is 13.8 Å². The summed E-state index contributed by atoms with van der Waals surface area (Å²) in [4.78, 5) is 23.0. The summed E-state index contributed by atoms with van der Waals surface area (Å²) in [6.07, 6.45) is 6.55. The van der Waals surface area contributed by atoms with Crippen LogP contribution in [0.5, 0.6) is 11.6 Å². The summed E-state index contributed by atoms with van der Waals surface area (Å²) < 4.78 is 5.96. The predicted molar refractivity (Wildman–Crippen MR) is 102 cm³/mol. The zero-order valence-electron chi connectivity index (χ0n) is 15.4. The number of carbonyl (C=O) groups is 1.